The van der Waals surface area contributed by atoms with E-state index in [1.54, 1.807) is 0 Å². The smallest absolute Gasteiger partial charge is 0.146 e. The molecule has 2 nitrogen and oxygen atoms in total. The summed E-state index contributed by atoms with van der Waals surface area (Å²) in [7, 11) is 0. The topological polar surface area (TPSA) is 17.3 Å². The number of fused-ring (bicyclic) bond motifs is 11. The third-order valence-corrected chi connectivity index (χ3v) is 10.0. The monoisotopic (exact) mass is 584 g/mol. The molecule has 0 N–H and O–H groups in total. The Labute approximate surface area is 266 Å². The van der Waals surface area contributed by atoms with Crippen LogP contribution < -0.4 is 0 Å². The van der Waals surface area contributed by atoms with Gasteiger partial charge in [0.15, 0.2) is 0 Å². The van der Waals surface area contributed by atoms with E-state index in [2.05, 4.69) is 174 Å². The van der Waals surface area contributed by atoms with Crippen molar-refractivity contribution in [2.75, 3.05) is 0 Å². The highest BCUT2D eigenvalue weighted by atomic mass is 15.0. The molecule has 0 atom stereocenters. The summed E-state index contributed by atoms with van der Waals surface area (Å²) < 4.78 is 2.33. The summed E-state index contributed by atoms with van der Waals surface area (Å²) in [6, 6.07) is 62.0. The van der Waals surface area contributed by atoms with Crippen LogP contribution in [-0.2, 0) is 5.41 Å². The largest absolute Gasteiger partial charge is 0.292 e. The van der Waals surface area contributed by atoms with Gasteiger partial charge in [0, 0.05) is 10.8 Å². The number of benzene rings is 7. The minimum Gasteiger partial charge on any atom is -0.292 e. The fraction of sp³-hybridized carbons (Fsp3) is 0.0227. The van der Waals surface area contributed by atoms with Crippen LogP contribution in [-0.4, -0.2) is 9.38 Å². The van der Waals surface area contributed by atoms with E-state index in [-0.39, 0.29) is 0 Å². The molecule has 2 heterocycles. The predicted molar refractivity (Wildman–Crippen MR) is 190 cm³/mol. The Balaban J connectivity index is 1.31. The standard InChI is InChI=1S/C44H28N2/c1-3-14-30(15-4-1)44(31-16-5-2-6-17-31)37-21-9-7-19-35(37)42-32(20-13-22-38(42)44)29-26-27-33-34-18-8-11-24-40(34)46-41-25-12-10-23-39(41)45-43(46)36(33)28-29/h1-28H. The summed E-state index contributed by atoms with van der Waals surface area (Å²) in [6.07, 6.45) is 0. The quantitative estimate of drug-likeness (QED) is 0.189. The SMILES string of the molecule is c1ccc(C2(c3ccccc3)c3ccccc3-c3c(-c4ccc5c6ccccc6n6c7ccccc7nc6c5c4)cccc32)cc1. The minimum atomic E-state index is -0.425. The fourth-order valence-electron chi connectivity index (χ4n) is 8.21. The number of aromatic nitrogens is 2. The van der Waals surface area contributed by atoms with E-state index in [4.69, 9.17) is 4.98 Å². The first-order chi connectivity index (χ1) is 22.8. The summed E-state index contributed by atoms with van der Waals surface area (Å²) in [5, 5.41) is 3.61. The molecule has 9 aromatic rings. The van der Waals surface area contributed by atoms with E-state index in [0.29, 0.717) is 0 Å². The molecule has 1 aliphatic carbocycles. The van der Waals surface area contributed by atoms with E-state index in [1.165, 1.54) is 60.8 Å². The van der Waals surface area contributed by atoms with Gasteiger partial charge in [-0.05, 0) is 74.2 Å². The number of imidazole rings is 1. The molecule has 0 radical (unpaired) electrons. The number of nitrogens with zero attached hydrogens (tertiary/aromatic N) is 2. The summed E-state index contributed by atoms with van der Waals surface area (Å²) in [6.45, 7) is 0. The van der Waals surface area contributed by atoms with Crippen LogP contribution in [0.5, 0.6) is 0 Å². The molecule has 0 bridgehead atoms. The second-order valence-corrected chi connectivity index (χ2v) is 12.3. The number of pyridine rings is 1. The first-order valence-electron chi connectivity index (χ1n) is 15.9. The van der Waals surface area contributed by atoms with Crippen molar-refractivity contribution < 1.29 is 0 Å². The molecule has 7 aromatic carbocycles. The van der Waals surface area contributed by atoms with Crippen molar-refractivity contribution >= 4 is 38.4 Å². The van der Waals surface area contributed by atoms with Gasteiger partial charge in [-0.3, -0.25) is 4.40 Å². The maximum absolute atomic E-state index is 5.20. The highest BCUT2D eigenvalue weighted by Crippen LogP contribution is 2.58. The highest BCUT2D eigenvalue weighted by Gasteiger charge is 2.46. The van der Waals surface area contributed by atoms with Gasteiger partial charge in [0.2, 0.25) is 0 Å². The van der Waals surface area contributed by atoms with Crippen molar-refractivity contribution in [3.8, 4) is 22.3 Å². The van der Waals surface area contributed by atoms with Gasteiger partial charge in [-0.2, -0.15) is 0 Å². The van der Waals surface area contributed by atoms with Crippen LogP contribution in [0.3, 0.4) is 0 Å². The Morgan fingerprint density at radius 2 is 1.07 bits per heavy atom. The molecule has 0 aliphatic heterocycles. The van der Waals surface area contributed by atoms with E-state index >= 15 is 0 Å². The number of hydrogen-bond acceptors (Lipinski definition) is 1. The van der Waals surface area contributed by atoms with Gasteiger partial charge < -0.3 is 0 Å². The lowest BCUT2D eigenvalue weighted by Crippen LogP contribution is -2.28. The van der Waals surface area contributed by atoms with Crippen LogP contribution in [0.15, 0.2) is 170 Å². The Morgan fingerprint density at radius 3 is 1.87 bits per heavy atom. The fourth-order valence-corrected chi connectivity index (χ4v) is 8.21. The maximum atomic E-state index is 5.20. The molecule has 0 saturated heterocycles. The molecule has 0 amide bonds. The molecule has 2 aromatic heterocycles. The van der Waals surface area contributed by atoms with Gasteiger partial charge >= 0.3 is 0 Å². The first-order valence-corrected chi connectivity index (χ1v) is 15.9. The molecule has 0 spiro atoms. The molecular weight excluding hydrogens is 556 g/mol. The maximum Gasteiger partial charge on any atom is 0.146 e. The Hall–Kier alpha value is -5.99. The molecule has 0 unspecified atom stereocenters. The van der Waals surface area contributed by atoms with Crippen molar-refractivity contribution in [3.63, 3.8) is 0 Å². The van der Waals surface area contributed by atoms with Gasteiger partial charge in [-0.1, -0.05) is 146 Å². The summed E-state index contributed by atoms with van der Waals surface area (Å²) >= 11 is 0. The second-order valence-electron chi connectivity index (χ2n) is 12.3. The van der Waals surface area contributed by atoms with Crippen molar-refractivity contribution in [2.45, 2.75) is 5.41 Å². The lowest BCUT2D eigenvalue weighted by molar-refractivity contribution is 0.768. The van der Waals surface area contributed by atoms with E-state index in [1.807, 2.05) is 0 Å². The summed E-state index contributed by atoms with van der Waals surface area (Å²) in [5.41, 5.74) is 14.1. The average Bonchev–Trinajstić information content (AvgIpc) is 3.67. The number of rotatable bonds is 3. The van der Waals surface area contributed by atoms with Gasteiger partial charge in [0.05, 0.1) is 22.0 Å². The van der Waals surface area contributed by atoms with Crippen LogP contribution in [0, 0.1) is 0 Å². The minimum absolute atomic E-state index is 0.425. The zero-order valence-corrected chi connectivity index (χ0v) is 25.1. The predicted octanol–water partition coefficient (Wildman–Crippen LogP) is 10.8. The number of hydrogen-bond donors (Lipinski definition) is 0. The van der Waals surface area contributed by atoms with E-state index in [9.17, 15) is 0 Å². The highest BCUT2D eigenvalue weighted by molar-refractivity contribution is 6.15. The van der Waals surface area contributed by atoms with Gasteiger partial charge in [0.25, 0.3) is 0 Å². The third-order valence-electron chi connectivity index (χ3n) is 10.0. The van der Waals surface area contributed by atoms with Crippen LogP contribution in [0.2, 0.25) is 0 Å². The van der Waals surface area contributed by atoms with Crippen LogP contribution in [0.1, 0.15) is 22.3 Å². The van der Waals surface area contributed by atoms with E-state index < -0.39 is 5.41 Å². The zero-order valence-electron chi connectivity index (χ0n) is 25.1. The molecule has 46 heavy (non-hydrogen) atoms. The Morgan fingerprint density at radius 1 is 0.435 bits per heavy atom. The second kappa shape index (κ2) is 9.50. The van der Waals surface area contributed by atoms with Crippen LogP contribution >= 0.6 is 0 Å². The summed E-state index contributed by atoms with van der Waals surface area (Å²) in [4.78, 5) is 5.20. The van der Waals surface area contributed by atoms with Gasteiger partial charge in [0.1, 0.15) is 5.65 Å². The van der Waals surface area contributed by atoms with Crippen molar-refractivity contribution in [1.82, 2.24) is 9.38 Å². The first kappa shape index (κ1) is 25.3. The molecular formula is C44H28N2. The van der Waals surface area contributed by atoms with Crippen LogP contribution in [0.25, 0.3) is 60.6 Å². The third kappa shape index (κ3) is 3.28. The molecule has 0 saturated carbocycles. The van der Waals surface area contributed by atoms with E-state index in [0.717, 1.165) is 22.1 Å². The molecule has 2 heteroatoms. The normalized spacial score (nSPS) is 13.4. The average molecular weight is 585 g/mol. The van der Waals surface area contributed by atoms with Crippen LogP contribution in [0.4, 0.5) is 0 Å². The van der Waals surface area contributed by atoms with Crippen molar-refractivity contribution in [1.29, 1.82) is 0 Å². The lowest BCUT2D eigenvalue weighted by Gasteiger charge is -2.34. The Bertz CT molecular complexity index is 2590. The molecule has 1 aliphatic rings. The van der Waals surface area contributed by atoms with Gasteiger partial charge in [-0.15, -0.1) is 0 Å². The number of para-hydroxylation sites is 3. The lowest BCUT2D eigenvalue weighted by atomic mass is 9.67. The molecule has 0 fully saturated rings. The van der Waals surface area contributed by atoms with Crippen molar-refractivity contribution in [3.05, 3.63) is 192 Å². The molecule has 214 valence electrons. The summed E-state index contributed by atoms with van der Waals surface area (Å²) in [5.74, 6) is 0. The van der Waals surface area contributed by atoms with Gasteiger partial charge in [-0.25, -0.2) is 4.98 Å². The Kier molecular flexibility index (Phi) is 5.24. The zero-order chi connectivity index (χ0) is 30.2. The van der Waals surface area contributed by atoms with Crippen molar-refractivity contribution in [2.24, 2.45) is 0 Å². The molecule has 10 rings (SSSR count).